The number of hydrogen-bond acceptors (Lipinski definition) is 40. The van der Waals surface area contributed by atoms with E-state index in [0.29, 0.717) is 6.42 Å². The molecule has 2 N–H and O–H groups in total. The summed E-state index contributed by atoms with van der Waals surface area (Å²) < 4.78 is 201. The van der Waals surface area contributed by atoms with Gasteiger partial charge in [-0.1, -0.05) is 20.8 Å². The van der Waals surface area contributed by atoms with Crippen molar-refractivity contribution in [1.29, 1.82) is 0 Å². The summed E-state index contributed by atoms with van der Waals surface area (Å²) in [4.78, 5) is 126. The highest BCUT2D eigenvalue weighted by atomic mass is 31.2. The van der Waals surface area contributed by atoms with Crippen molar-refractivity contribution in [1.82, 2.24) is 0 Å². The second kappa shape index (κ2) is 39.8. The van der Waals surface area contributed by atoms with E-state index in [2.05, 4.69) is 86.0 Å². The third kappa shape index (κ3) is 46.2. The van der Waals surface area contributed by atoms with E-state index in [4.69, 9.17) is 10.00 Å². The van der Waals surface area contributed by atoms with Gasteiger partial charge in [0.05, 0.1) is 126 Å². The number of hydrogen-bond donors (Lipinski definition) is 2. The first-order valence-corrected chi connectivity index (χ1v) is 37.1. The van der Waals surface area contributed by atoms with Crippen molar-refractivity contribution < 1.29 is 191 Å². The van der Waals surface area contributed by atoms with Gasteiger partial charge in [-0.2, -0.15) is 0 Å². The Kier molecular flexibility index (Phi) is 40.4. The van der Waals surface area contributed by atoms with Gasteiger partial charge in [-0.25, -0.2) is 0 Å². The summed E-state index contributed by atoms with van der Waals surface area (Å²) >= 11 is 0. The minimum absolute atomic E-state index is 0.0795. The van der Waals surface area contributed by atoms with Crippen LogP contribution in [0.4, 0.5) is 0 Å². The van der Waals surface area contributed by atoms with E-state index in [1.807, 2.05) is 0 Å². The Morgan fingerprint density at radius 3 is 0.537 bits per heavy atom. The van der Waals surface area contributed by atoms with Crippen molar-refractivity contribution in [3.63, 3.8) is 0 Å². The second-order valence-corrected chi connectivity index (χ2v) is 28.5. The fourth-order valence-electron chi connectivity index (χ4n) is 4.28. The largest absolute Gasteiger partial charge is 0.756 e. The second-order valence-electron chi connectivity index (χ2n) is 14.6. The van der Waals surface area contributed by atoms with Crippen molar-refractivity contribution in [2.24, 2.45) is 17.8 Å². The number of aliphatic hydroxyl groups excluding tert-OH is 1. The van der Waals surface area contributed by atoms with Crippen LogP contribution in [0.25, 0.3) is 0 Å². The summed E-state index contributed by atoms with van der Waals surface area (Å²) in [6, 6.07) is 0. The maximum atomic E-state index is 12.1. The van der Waals surface area contributed by atoms with Crippen molar-refractivity contribution in [3.05, 3.63) is 0 Å². The molecule has 0 spiro atoms. The van der Waals surface area contributed by atoms with Crippen LogP contribution in [-0.4, -0.2) is 142 Å². The molecule has 80 heavy (non-hydrogen) atoms. The predicted octanol–water partition coefficient (Wildman–Crippen LogP) is -2.95. The summed E-state index contributed by atoms with van der Waals surface area (Å²) in [5.41, 5.74) is 0. The normalized spacial score (nSPS) is 21.1. The molecule has 13 unspecified atom stereocenters. The molecule has 0 heterocycles. The Balaban J connectivity index is 4.35. The first-order chi connectivity index (χ1) is 36.7. The van der Waals surface area contributed by atoms with Gasteiger partial charge in [0.2, 0.25) is 0 Å². The van der Waals surface area contributed by atoms with Crippen LogP contribution >= 0.6 is 78.2 Å². The molecule has 0 saturated carbocycles. The monoisotopic (exact) mass is 1370 g/mol. The SMILES string of the molecule is CCC(CO)COP(=O)([O-])OCCOP(=O)([O-])OCC(CC)COP(=O)([O-])OCCOP(=O)([O-])OCCOP(=O)([O-])OCCOP(=O)([O-])OCCOP(=O)([O-])OCCOP(=O)([O-])OCCOP(=O)([O-])OCC(CC)COP(=O)([O-])O. The van der Waals surface area contributed by atoms with E-state index >= 15 is 0 Å². The number of phosphoric acid groups is 10. The average Bonchev–Trinajstić information content (AvgIpc) is 3.34. The molecule has 0 fully saturated rings. The molecule has 0 aliphatic carbocycles. The highest BCUT2D eigenvalue weighted by Gasteiger charge is 2.22. The van der Waals surface area contributed by atoms with E-state index in [-0.39, 0.29) is 26.1 Å². The molecule has 0 saturated heterocycles. The molecule has 0 radical (unpaired) electrons. The van der Waals surface area contributed by atoms with Gasteiger partial charge in [0.25, 0.3) is 78.2 Å². The molecule has 482 valence electrons. The molecule has 0 aliphatic heterocycles. The molecular weight excluding hydrogens is 1310 g/mol. The van der Waals surface area contributed by atoms with Crippen molar-refractivity contribution >= 4 is 78.2 Å². The minimum atomic E-state index is -5.29. The van der Waals surface area contributed by atoms with Crippen LogP contribution < -0.4 is 48.9 Å². The van der Waals surface area contributed by atoms with Crippen LogP contribution in [-0.2, 0) is 132 Å². The fourth-order valence-corrected chi connectivity index (χ4v) is 11.1. The molecule has 0 aromatic carbocycles. The van der Waals surface area contributed by atoms with Crippen LogP contribution in [0.2, 0.25) is 0 Å². The van der Waals surface area contributed by atoms with Gasteiger partial charge in [-0.05, 0) is 19.3 Å². The van der Waals surface area contributed by atoms with Gasteiger partial charge >= 0.3 is 0 Å². The third-order valence-corrected chi connectivity index (χ3v) is 17.7. The summed E-state index contributed by atoms with van der Waals surface area (Å²) in [5, 5.41) is 9.08. The lowest BCUT2D eigenvalue weighted by Crippen LogP contribution is -2.21. The summed E-state index contributed by atoms with van der Waals surface area (Å²) in [5.74, 6) is -2.22. The number of phosphoric ester groups is 10. The van der Waals surface area contributed by atoms with E-state index in [1.165, 1.54) is 13.8 Å². The Morgan fingerprint density at radius 1 is 0.263 bits per heavy atom. The zero-order valence-corrected chi connectivity index (χ0v) is 51.2. The molecule has 41 nitrogen and oxygen atoms in total. The predicted molar refractivity (Wildman–Crippen MR) is 240 cm³/mol. The molecule has 0 rings (SSSR count). The smallest absolute Gasteiger partial charge is 0.268 e. The maximum absolute atomic E-state index is 12.1. The van der Waals surface area contributed by atoms with Gasteiger partial charge < -0.3 is 145 Å². The molecule has 51 heteroatoms. The van der Waals surface area contributed by atoms with Crippen LogP contribution in [0.5, 0.6) is 0 Å². The van der Waals surface area contributed by atoms with E-state index < -0.39 is 215 Å². The molecular formula is C29H60O41P10-10. The van der Waals surface area contributed by atoms with Crippen molar-refractivity contribution in [2.75, 3.05) is 132 Å². The molecule has 0 amide bonds. The van der Waals surface area contributed by atoms with Gasteiger partial charge in [0.15, 0.2) is 0 Å². The quantitative estimate of drug-likeness (QED) is 0.0454. The Hall–Kier alpha value is 1.06. The topological polar surface area (TPSA) is 617 Å². The lowest BCUT2D eigenvalue weighted by Gasteiger charge is -2.28. The fraction of sp³-hybridized carbons (Fsp3) is 1.00. The van der Waals surface area contributed by atoms with E-state index in [0.717, 1.165) is 0 Å². The Labute approximate surface area is 457 Å². The zero-order chi connectivity index (χ0) is 61.4. The maximum Gasteiger partial charge on any atom is 0.268 e. The molecule has 0 aliphatic rings. The molecule has 13 atom stereocenters. The van der Waals surface area contributed by atoms with E-state index in [1.54, 1.807) is 6.92 Å². The van der Waals surface area contributed by atoms with Crippen LogP contribution in [0, 0.1) is 17.8 Å². The Bertz CT molecular complexity index is 2230. The van der Waals surface area contributed by atoms with Gasteiger partial charge in [-0.15, -0.1) is 0 Å². The lowest BCUT2D eigenvalue weighted by molar-refractivity contribution is -0.238. The first kappa shape index (κ1) is 81.1. The van der Waals surface area contributed by atoms with Gasteiger partial charge in [-0.3, -0.25) is 45.7 Å². The van der Waals surface area contributed by atoms with Crippen LogP contribution in [0.1, 0.15) is 40.0 Å². The molecule has 0 aromatic heterocycles. The average molecular weight is 1370 g/mol. The van der Waals surface area contributed by atoms with Gasteiger partial charge in [0, 0.05) is 24.4 Å². The van der Waals surface area contributed by atoms with Crippen molar-refractivity contribution in [3.8, 4) is 0 Å². The van der Waals surface area contributed by atoms with E-state index in [9.17, 15) is 94.6 Å². The first-order valence-electron chi connectivity index (χ1n) is 22.4. The molecule has 0 bridgehead atoms. The third-order valence-electron chi connectivity index (χ3n) is 8.41. The number of rotatable bonds is 54. The molecule has 0 aromatic rings. The minimum Gasteiger partial charge on any atom is -0.756 e. The van der Waals surface area contributed by atoms with Crippen LogP contribution in [0.15, 0.2) is 0 Å². The summed E-state index contributed by atoms with van der Waals surface area (Å²) in [6.45, 7) is -12.4. The van der Waals surface area contributed by atoms with Crippen LogP contribution in [0.3, 0.4) is 0 Å². The summed E-state index contributed by atoms with van der Waals surface area (Å²) in [6.07, 6.45) is 0.632. The highest BCUT2D eigenvalue weighted by Crippen LogP contribution is 2.47. The zero-order valence-electron chi connectivity index (χ0n) is 42.3. The van der Waals surface area contributed by atoms with Crippen molar-refractivity contribution in [2.45, 2.75) is 40.0 Å². The lowest BCUT2D eigenvalue weighted by atomic mass is 10.1. The highest BCUT2D eigenvalue weighted by molar-refractivity contribution is 7.48. The van der Waals surface area contributed by atoms with Gasteiger partial charge in [0.1, 0.15) is 0 Å². The Morgan fingerprint density at radius 2 is 0.400 bits per heavy atom. The number of aliphatic hydroxyl groups is 1. The summed E-state index contributed by atoms with van der Waals surface area (Å²) in [7, 11) is -51.6. The standard InChI is InChI=1S/C29H70O41P10/c1-4-27(21-30)22-67-77(44,45)62-19-20-65-80(50,51)70-26-29(6-3)25-69-79(48,49)64-18-16-61-76(42,43)59-14-12-57-74(38,39)55-10-8-53-72(34,35)52-7-9-54-73(36,37)56-11-13-58-75(40,41)60-15-17-63-78(46,47)68-24-28(5-2)23-66-71(31,32)33/h27-30H,4-26H2,1-3H3,(H,34,35)(H,36,37)(H,38,39)(H,40,41)(H,42,43)(H,44,45)(H,46,47)(H,48,49)(H,50,51)(H2,31,32,33)/p-10.